The number of benzene rings is 1. The van der Waals surface area contributed by atoms with Crippen molar-refractivity contribution in [2.24, 2.45) is 0 Å². The van der Waals surface area contributed by atoms with Crippen molar-refractivity contribution in [2.75, 3.05) is 13.7 Å². The maximum Gasteiger partial charge on any atom is 0.165 e. The van der Waals surface area contributed by atoms with Gasteiger partial charge in [-0.1, -0.05) is 13.8 Å². The van der Waals surface area contributed by atoms with E-state index in [1.54, 1.807) is 0 Å². The molecule has 1 aromatic carbocycles. The van der Waals surface area contributed by atoms with Crippen LogP contribution < -0.4 is 10.1 Å². The van der Waals surface area contributed by atoms with Crippen molar-refractivity contribution < 1.29 is 13.5 Å². The molecule has 0 heterocycles. The van der Waals surface area contributed by atoms with Gasteiger partial charge >= 0.3 is 0 Å². The highest BCUT2D eigenvalue weighted by Crippen LogP contribution is 2.21. The monoisotopic (exact) mass is 243 g/mol. The SMILES string of the molecule is COc1cc(F)c(CCCNC(C)C)cc1F. The minimum absolute atomic E-state index is 0.0495. The fraction of sp³-hybridized carbons (Fsp3) is 0.538. The van der Waals surface area contributed by atoms with E-state index in [-0.39, 0.29) is 5.75 Å². The molecule has 2 nitrogen and oxygen atoms in total. The van der Waals surface area contributed by atoms with Gasteiger partial charge in [-0.15, -0.1) is 0 Å². The Hall–Kier alpha value is -1.16. The lowest BCUT2D eigenvalue weighted by atomic mass is 10.1. The Bertz CT molecular complexity index is 367. The standard InChI is InChI=1S/C13H19F2NO/c1-9(2)16-6-4-5-10-7-12(15)13(17-3)8-11(10)14/h7-9,16H,4-6H2,1-3H3. The molecule has 0 bridgehead atoms. The maximum atomic E-state index is 13.5. The summed E-state index contributed by atoms with van der Waals surface area (Å²) < 4.78 is 31.6. The first kappa shape index (κ1) is 13.9. The second kappa shape index (κ2) is 6.55. The summed E-state index contributed by atoms with van der Waals surface area (Å²) in [7, 11) is 1.32. The lowest BCUT2D eigenvalue weighted by Crippen LogP contribution is -2.24. The van der Waals surface area contributed by atoms with Crippen LogP contribution in [-0.4, -0.2) is 19.7 Å². The fourth-order valence-corrected chi connectivity index (χ4v) is 1.59. The quantitative estimate of drug-likeness (QED) is 0.776. The van der Waals surface area contributed by atoms with Crippen molar-refractivity contribution in [3.63, 3.8) is 0 Å². The van der Waals surface area contributed by atoms with Crippen LogP contribution in [0, 0.1) is 11.6 Å². The van der Waals surface area contributed by atoms with E-state index in [4.69, 9.17) is 4.74 Å². The van der Waals surface area contributed by atoms with E-state index in [1.807, 2.05) is 13.8 Å². The lowest BCUT2D eigenvalue weighted by Gasteiger charge is -2.09. The molecule has 1 N–H and O–H groups in total. The molecule has 0 saturated heterocycles. The van der Waals surface area contributed by atoms with Gasteiger partial charge in [-0.2, -0.15) is 0 Å². The van der Waals surface area contributed by atoms with Crippen molar-refractivity contribution in [3.8, 4) is 5.75 Å². The van der Waals surface area contributed by atoms with Gasteiger partial charge in [0.05, 0.1) is 7.11 Å². The highest BCUT2D eigenvalue weighted by molar-refractivity contribution is 5.30. The molecule has 0 aliphatic heterocycles. The molecular weight excluding hydrogens is 224 g/mol. The van der Waals surface area contributed by atoms with Gasteiger partial charge in [-0.25, -0.2) is 8.78 Å². The molecular formula is C13H19F2NO. The van der Waals surface area contributed by atoms with Gasteiger partial charge in [0.2, 0.25) is 0 Å². The van der Waals surface area contributed by atoms with Gasteiger partial charge < -0.3 is 10.1 Å². The van der Waals surface area contributed by atoms with Gasteiger partial charge in [0.1, 0.15) is 5.82 Å². The predicted molar refractivity (Wildman–Crippen MR) is 64.4 cm³/mol. The zero-order valence-electron chi connectivity index (χ0n) is 10.5. The highest BCUT2D eigenvalue weighted by Gasteiger charge is 2.09. The van der Waals surface area contributed by atoms with Crippen LogP contribution in [-0.2, 0) is 6.42 Å². The third-order valence-corrected chi connectivity index (χ3v) is 2.50. The first-order valence-electron chi connectivity index (χ1n) is 5.80. The van der Waals surface area contributed by atoms with Gasteiger partial charge in [-0.3, -0.25) is 0 Å². The highest BCUT2D eigenvalue weighted by atomic mass is 19.1. The van der Waals surface area contributed by atoms with Crippen LogP contribution in [0.3, 0.4) is 0 Å². The smallest absolute Gasteiger partial charge is 0.165 e. The minimum atomic E-state index is -0.513. The normalized spacial score (nSPS) is 10.9. The Morgan fingerprint density at radius 2 is 1.94 bits per heavy atom. The van der Waals surface area contributed by atoms with Crippen LogP contribution in [0.1, 0.15) is 25.8 Å². The summed E-state index contributed by atoms with van der Waals surface area (Å²) in [6.07, 6.45) is 1.30. The summed E-state index contributed by atoms with van der Waals surface area (Å²) in [4.78, 5) is 0. The Balaban J connectivity index is 2.56. The number of halogens is 2. The van der Waals surface area contributed by atoms with Crippen LogP contribution in [0.15, 0.2) is 12.1 Å². The molecule has 4 heteroatoms. The number of ether oxygens (including phenoxy) is 1. The minimum Gasteiger partial charge on any atom is -0.494 e. The van der Waals surface area contributed by atoms with E-state index in [9.17, 15) is 8.78 Å². The summed E-state index contributed by atoms with van der Waals surface area (Å²) in [6, 6.07) is 2.72. The van der Waals surface area contributed by atoms with Crippen LogP contribution in [0.5, 0.6) is 5.75 Å². The van der Waals surface area contributed by atoms with Crippen LogP contribution in [0.4, 0.5) is 8.78 Å². The summed E-state index contributed by atoms with van der Waals surface area (Å²) >= 11 is 0. The summed E-state index contributed by atoms with van der Waals surface area (Å²) in [5.74, 6) is -0.972. The maximum absolute atomic E-state index is 13.5. The first-order chi connectivity index (χ1) is 8.04. The van der Waals surface area contributed by atoms with Crippen molar-refractivity contribution in [1.82, 2.24) is 5.32 Å². The number of aryl methyl sites for hydroxylation is 1. The Labute approximate surface area is 101 Å². The molecule has 0 spiro atoms. The second-order valence-corrected chi connectivity index (χ2v) is 4.29. The number of rotatable bonds is 6. The average molecular weight is 243 g/mol. The van der Waals surface area contributed by atoms with E-state index in [2.05, 4.69) is 5.32 Å². The molecule has 0 atom stereocenters. The zero-order valence-corrected chi connectivity index (χ0v) is 10.5. The number of nitrogens with one attached hydrogen (secondary N) is 1. The third kappa shape index (κ3) is 4.30. The number of hydrogen-bond acceptors (Lipinski definition) is 2. The number of hydrogen-bond donors (Lipinski definition) is 1. The summed E-state index contributed by atoms with van der Waals surface area (Å²) in [5, 5.41) is 3.23. The van der Waals surface area contributed by atoms with Gasteiger partial charge in [0.15, 0.2) is 11.6 Å². The van der Waals surface area contributed by atoms with E-state index in [0.29, 0.717) is 18.0 Å². The number of methoxy groups -OCH3 is 1. The average Bonchev–Trinajstić information content (AvgIpc) is 2.28. The molecule has 1 aromatic rings. The van der Waals surface area contributed by atoms with Gasteiger partial charge in [0.25, 0.3) is 0 Å². The Kier molecular flexibility index (Phi) is 5.35. The molecule has 0 radical (unpaired) electrons. The summed E-state index contributed by atoms with van der Waals surface area (Å²) in [6.45, 7) is 4.89. The van der Waals surface area contributed by atoms with Crippen molar-refractivity contribution in [3.05, 3.63) is 29.3 Å². The predicted octanol–water partition coefficient (Wildman–Crippen LogP) is 2.90. The van der Waals surface area contributed by atoms with E-state index >= 15 is 0 Å². The molecule has 17 heavy (non-hydrogen) atoms. The molecule has 0 aromatic heterocycles. The molecule has 0 saturated carbocycles. The van der Waals surface area contributed by atoms with Gasteiger partial charge in [0, 0.05) is 12.1 Å². The van der Waals surface area contributed by atoms with Crippen LogP contribution >= 0.6 is 0 Å². The lowest BCUT2D eigenvalue weighted by molar-refractivity contribution is 0.381. The first-order valence-corrected chi connectivity index (χ1v) is 5.80. The fourth-order valence-electron chi connectivity index (χ4n) is 1.59. The largest absolute Gasteiger partial charge is 0.494 e. The van der Waals surface area contributed by atoms with E-state index in [0.717, 1.165) is 19.0 Å². The molecule has 0 amide bonds. The van der Waals surface area contributed by atoms with Crippen LogP contribution in [0.2, 0.25) is 0 Å². The van der Waals surface area contributed by atoms with Crippen molar-refractivity contribution >= 4 is 0 Å². The molecule has 0 aliphatic rings. The van der Waals surface area contributed by atoms with Crippen molar-refractivity contribution in [1.29, 1.82) is 0 Å². The summed E-state index contributed by atoms with van der Waals surface area (Å²) in [5.41, 5.74) is 0.397. The van der Waals surface area contributed by atoms with Crippen molar-refractivity contribution in [2.45, 2.75) is 32.7 Å². The van der Waals surface area contributed by atoms with Crippen LogP contribution in [0.25, 0.3) is 0 Å². The molecule has 0 fully saturated rings. The van der Waals surface area contributed by atoms with Gasteiger partial charge in [-0.05, 0) is 31.0 Å². The molecule has 0 aliphatic carbocycles. The van der Waals surface area contributed by atoms with E-state index in [1.165, 1.54) is 13.2 Å². The van der Waals surface area contributed by atoms with E-state index < -0.39 is 11.6 Å². The topological polar surface area (TPSA) is 21.3 Å². The molecule has 96 valence electrons. The molecule has 1 rings (SSSR count). The molecule has 0 unspecified atom stereocenters. The Morgan fingerprint density at radius 3 is 2.53 bits per heavy atom. The second-order valence-electron chi connectivity index (χ2n) is 4.29. The Morgan fingerprint density at radius 1 is 1.24 bits per heavy atom. The third-order valence-electron chi connectivity index (χ3n) is 2.50. The zero-order chi connectivity index (χ0) is 12.8.